The van der Waals surface area contributed by atoms with E-state index in [9.17, 15) is 9.90 Å². The van der Waals surface area contributed by atoms with Crippen LogP contribution in [0.3, 0.4) is 0 Å². The van der Waals surface area contributed by atoms with Gasteiger partial charge in [-0.3, -0.25) is 4.79 Å². The van der Waals surface area contributed by atoms with Crippen molar-refractivity contribution in [3.8, 4) is 0 Å². The van der Waals surface area contributed by atoms with Crippen molar-refractivity contribution >= 4 is 6.29 Å². The van der Waals surface area contributed by atoms with Crippen LogP contribution >= 0.6 is 0 Å². The lowest BCUT2D eigenvalue weighted by Gasteiger charge is -2.27. The number of aliphatic hydroxyl groups excluding tert-OH is 1. The molecule has 1 unspecified atom stereocenters. The molecule has 0 aliphatic rings. The van der Waals surface area contributed by atoms with Crippen molar-refractivity contribution in [3.05, 3.63) is 97.6 Å². The molecule has 0 fully saturated rings. The Kier molecular flexibility index (Phi) is 10.6. The van der Waals surface area contributed by atoms with Crippen LogP contribution in [0, 0.1) is 0 Å². The van der Waals surface area contributed by atoms with E-state index < -0.39 is 6.10 Å². The van der Waals surface area contributed by atoms with E-state index in [1.165, 1.54) is 6.08 Å². The molecule has 0 heterocycles. The van der Waals surface area contributed by atoms with E-state index in [1.807, 2.05) is 32.1 Å². The van der Waals surface area contributed by atoms with Crippen LogP contribution in [0.4, 0.5) is 0 Å². The van der Waals surface area contributed by atoms with Crippen LogP contribution in [-0.4, -0.2) is 22.4 Å². The van der Waals surface area contributed by atoms with E-state index in [1.54, 1.807) is 41.5 Å². The summed E-state index contributed by atoms with van der Waals surface area (Å²) >= 11 is 0. The quantitative estimate of drug-likeness (QED) is 0.373. The average Bonchev–Trinajstić information content (AvgIpc) is 2.54. The molecule has 3 nitrogen and oxygen atoms in total. The highest BCUT2D eigenvalue weighted by molar-refractivity contribution is 5.64. The van der Waals surface area contributed by atoms with Crippen LogP contribution in [0.1, 0.15) is 13.8 Å². The summed E-state index contributed by atoms with van der Waals surface area (Å²) in [4.78, 5) is 12.3. The van der Waals surface area contributed by atoms with E-state index in [2.05, 4.69) is 19.7 Å². The molecule has 0 spiro atoms. The predicted octanol–water partition coefficient (Wildman–Crippen LogP) is 4.21. The summed E-state index contributed by atoms with van der Waals surface area (Å²) in [5.41, 5.74) is 1.78. The number of carbonyl (C=O) groups is 1. The highest BCUT2D eigenvalue weighted by atomic mass is 16.3. The van der Waals surface area contributed by atoms with Gasteiger partial charge in [-0.1, -0.05) is 56.2 Å². The minimum atomic E-state index is -0.945. The molecule has 3 heteroatoms. The summed E-state index contributed by atoms with van der Waals surface area (Å²) < 4.78 is 0. The zero-order chi connectivity index (χ0) is 17.7. The second kappa shape index (κ2) is 12.0. The largest absolute Gasteiger partial charge is 0.382 e. The minimum absolute atomic E-state index is 0.403. The first-order chi connectivity index (χ1) is 11.1. The molecule has 0 saturated heterocycles. The molecule has 0 aromatic heterocycles. The highest BCUT2D eigenvalue weighted by Crippen LogP contribution is 2.22. The lowest BCUT2D eigenvalue weighted by Crippen LogP contribution is -2.25. The van der Waals surface area contributed by atoms with Gasteiger partial charge in [0.15, 0.2) is 0 Å². The lowest BCUT2D eigenvalue weighted by molar-refractivity contribution is -0.104. The molecular weight excluding hydrogens is 286 g/mol. The third kappa shape index (κ3) is 6.76. The number of hydrogen-bond donors (Lipinski definition) is 1. The molecule has 0 radical (unpaired) electrons. The SMILES string of the molecule is C=C/C=C(\C=C/C)C(O)C(=C)N(/C=C\C=O)C(/C=C\C)=C/C=C. The lowest BCUT2D eigenvalue weighted by atomic mass is 10.0. The number of rotatable bonds is 10. The van der Waals surface area contributed by atoms with Gasteiger partial charge in [0.05, 0.1) is 0 Å². The summed E-state index contributed by atoms with van der Waals surface area (Å²) in [5.74, 6) is 0. The first-order valence-corrected chi connectivity index (χ1v) is 7.26. The van der Waals surface area contributed by atoms with Crippen LogP contribution in [0.15, 0.2) is 97.6 Å². The maximum Gasteiger partial charge on any atom is 0.144 e. The summed E-state index contributed by atoms with van der Waals surface area (Å²) in [5, 5.41) is 10.6. The molecule has 1 atom stereocenters. The maximum atomic E-state index is 10.7. The van der Waals surface area contributed by atoms with Crippen molar-refractivity contribution in [2.45, 2.75) is 20.0 Å². The molecule has 23 heavy (non-hydrogen) atoms. The normalized spacial score (nSPS) is 14.4. The Labute approximate surface area is 139 Å². The third-order valence-corrected chi connectivity index (χ3v) is 2.83. The van der Waals surface area contributed by atoms with Gasteiger partial charge >= 0.3 is 0 Å². The van der Waals surface area contributed by atoms with Crippen LogP contribution in [-0.2, 0) is 4.79 Å². The Hall–Kier alpha value is -2.65. The van der Waals surface area contributed by atoms with Gasteiger partial charge in [0.1, 0.15) is 12.4 Å². The Morgan fingerprint density at radius 2 is 1.70 bits per heavy atom. The maximum absolute atomic E-state index is 10.7. The number of aliphatic hydroxyl groups is 1. The van der Waals surface area contributed by atoms with Gasteiger partial charge in [-0.15, -0.1) is 0 Å². The molecule has 1 N–H and O–H groups in total. The summed E-state index contributed by atoms with van der Waals surface area (Å²) in [6.07, 6.45) is 16.6. The van der Waals surface area contributed by atoms with E-state index in [-0.39, 0.29) is 0 Å². The Bertz CT molecular complexity index is 574. The van der Waals surface area contributed by atoms with Crippen LogP contribution in [0.2, 0.25) is 0 Å². The molecule has 122 valence electrons. The number of nitrogens with zero attached hydrogens (tertiary/aromatic N) is 1. The fourth-order valence-corrected chi connectivity index (χ4v) is 1.87. The van der Waals surface area contributed by atoms with Crippen LogP contribution < -0.4 is 0 Å². The monoisotopic (exact) mass is 311 g/mol. The zero-order valence-corrected chi connectivity index (χ0v) is 13.9. The smallest absolute Gasteiger partial charge is 0.144 e. The molecule has 0 aromatic carbocycles. The second-order valence-corrected chi connectivity index (χ2v) is 4.47. The first kappa shape index (κ1) is 20.3. The average molecular weight is 311 g/mol. The Balaban J connectivity index is 5.84. The third-order valence-electron chi connectivity index (χ3n) is 2.83. The van der Waals surface area contributed by atoms with Crippen molar-refractivity contribution in [2.24, 2.45) is 0 Å². The van der Waals surface area contributed by atoms with Gasteiger partial charge in [-0.25, -0.2) is 0 Å². The van der Waals surface area contributed by atoms with E-state index in [0.29, 0.717) is 17.6 Å². The molecule has 0 amide bonds. The topological polar surface area (TPSA) is 40.5 Å². The molecule has 0 aliphatic heterocycles. The van der Waals surface area contributed by atoms with Crippen LogP contribution in [0.5, 0.6) is 0 Å². The minimum Gasteiger partial charge on any atom is -0.382 e. The van der Waals surface area contributed by atoms with Gasteiger partial charge in [-0.05, 0) is 37.6 Å². The molecule has 0 saturated carbocycles. The summed E-state index contributed by atoms with van der Waals surface area (Å²) in [7, 11) is 0. The fourth-order valence-electron chi connectivity index (χ4n) is 1.87. The highest BCUT2D eigenvalue weighted by Gasteiger charge is 2.18. The van der Waals surface area contributed by atoms with E-state index in [0.717, 1.165) is 5.70 Å². The fraction of sp³-hybridized carbons (Fsp3) is 0.150. The molecule has 0 aromatic rings. The molecule has 0 aliphatic carbocycles. The van der Waals surface area contributed by atoms with E-state index in [4.69, 9.17) is 0 Å². The zero-order valence-electron chi connectivity index (χ0n) is 13.9. The van der Waals surface area contributed by atoms with Gasteiger partial charge in [-0.2, -0.15) is 0 Å². The van der Waals surface area contributed by atoms with E-state index >= 15 is 0 Å². The van der Waals surface area contributed by atoms with Crippen molar-refractivity contribution in [3.63, 3.8) is 0 Å². The van der Waals surface area contributed by atoms with Gasteiger partial charge < -0.3 is 10.0 Å². The predicted molar refractivity (Wildman–Crippen MR) is 98.4 cm³/mol. The molecule has 0 bridgehead atoms. The Morgan fingerprint density at radius 1 is 1.09 bits per heavy atom. The standard InChI is InChI=1S/C20H25NO2/c1-6-11-18(12-7-2)20(23)17(5)21(15-10-16-22)19(13-8-3)14-9-4/h6-16,20,23H,1,3,5H2,2,4H3/b12-7-,14-9-,15-10-,18-11+,19-13+. The van der Waals surface area contributed by atoms with Crippen molar-refractivity contribution in [1.82, 2.24) is 4.90 Å². The number of hydrogen-bond acceptors (Lipinski definition) is 3. The molecule has 0 rings (SSSR count). The van der Waals surface area contributed by atoms with Crippen molar-refractivity contribution in [1.29, 1.82) is 0 Å². The van der Waals surface area contributed by atoms with Gasteiger partial charge in [0, 0.05) is 17.6 Å². The molecular formula is C20H25NO2. The first-order valence-electron chi connectivity index (χ1n) is 7.26. The van der Waals surface area contributed by atoms with Crippen molar-refractivity contribution in [2.75, 3.05) is 0 Å². The number of allylic oxidation sites excluding steroid dienone is 8. The number of aldehydes is 1. The summed E-state index contributed by atoms with van der Waals surface area (Å²) in [6.45, 7) is 15.0. The summed E-state index contributed by atoms with van der Waals surface area (Å²) in [6, 6.07) is 0. The van der Waals surface area contributed by atoms with Crippen LogP contribution in [0.25, 0.3) is 0 Å². The Morgan fingerprint density at radius 3 is 2.17 bits per heavy atom. The van der Waals surface area contributed by atoms with Crippen molar-refractivity contribution < 1.29 is 9.90 Å². The van der Waals surface area contributed by atoms with Gasteiger partial charge in [0.2, 0.25) is 0 Å². The number of carbonyl (C=O) groups excluding carboxylic acids is 1. The van der Waals surface area contributed by atoms with Gasteiger partial charge in [0.25, 0.3) is 0 Å². The second-order valence-electron chi connectivity index (χ2n) is 4.47.